The number of carbonyl (C=O) groups is 1. The number of ether oxygens (including phenoxy) is 1. The molecule has 0 unspecified atom stereocenters. The molecule has 0 fully saturated rings. The first kappa shape index (κ1) is 12.5. The van der Waals surface area contributed by atoms with Gasteiger partial charge in [-0.3, -0.25) is 4.79 Å². The van der Waals surface area contributed by atoms with E-state index in [2.05, 4.69) is 4.74 Å². The number of nitrogens with two attached hydrogens (primary N) is 1. The van der Waals surface area contributed by atoms with E-state index in [1.807, 2.05) is 6.07 Å². The fourth-order valence-corrected chi connectivity index (χ4v) is 1.69. The van der Waals surface area contributed by atoms with Gasteiger partial charge in [0.2, 0.25) is 0 Å². The van der Waals surface area contributed by atoms with Gasteiger partial charge in [-0.25, -0.2) is 0 Å². The van der Waals surface area contributed by atoms with Crippen LogP contribution in [-0.2, 0) is 22.5 Å². The lowest BCUT2D eigenvalue weighted by molar-refractivity contribution is -0.139. The molecule has 0 radical (unpaired) electrons. The maximum atomic E-state index is 11.2. The van der Waals surface area contributed by atoms with Crippen molar-refractivity contribution < 1.29 is 9.53 Å². The second-order valence-electron chi connectivity index (χ2n) is 3.16. The summed E-state index contributed by atoms with van der Waals surface area (Å²) in [5.41, 5.74) is 7.25. The van der Waals surface area contributed by atoms with Crippen molar-refractivity contribution in [3.05, 3.63) is 33.8 Å². The second-order valence-corrected chi connectivity index (χ2v) is 3.57. The fourth-order valence-electron chi connectivity index (χ4n) is 1.37. The molecule has 0 spiro atoms. The van der Waals surface area contributed by atoms with Gasteiger partial charge >= 0.3 is 5.97 Å². The largest absolute Gasteiger partial charge is 0.469 e. The summed E-state index contributed by atoms with van der Waals surface area (Å²) in [5, 5.41) is 9.19. The fraction of sp³-hybridized carbons (Fsp3) is 0.273. The second kappa shape index (κ2) is 5.50. The number of methoxy groups -OCH3 is 1. The zero-order valence-electron chi connectivity index (χ0n) is 8.79. The van der Waals surface area contributed by atoms with Crippen molar-refractivity contribution in [3.8, 4) is 6.07 Å². The van der Waals surface area contributed by atoms with Gasteiger partial charge in [-0.05, 0) is 23.3 Å². The number of nitrogens with zero attached hydrogens (tertiary/aromatic N) is 1. The molecule has 1 aromatic carbocycles. The quantitative estimate of drug-likeness (QED) is 0.808. The van der Waals surface area contributed by atoms with Crippen LogP contribution in [-0.4, -0.2) is 13.1 Å². The highest BCUT2D eigenvalue weighted by atomic mass is 35.5. The molecule has 0 aliphatic carbocycles. The smallest absolute Gasteiger partial charge is 0.309 e. The lowest BCUT2D eigenvalue weighted by atomic mass is 10.0. The Hall–Kier alpha value is -1.57. The van der Waals surface area contributed by atoms with Gasteiger partial charge in [0.1, 0.15) is 0 Å². The molecule has 0 saturated heterocycles. The van der Waals surface area contributed by atoms with Crippen molar-refractivity contribution in [1.29, 1.82) is 5.26 Å². The third kappa shape index (κ3) is 2.72. The van der Waals surface area contributed by atoms with E-state index in [9.17, 15) is 4.79 Å². The summed E-state index contributed by atoms with van der Waals surface area (Å²) in [6.45, 7) is 0.219. The van der Waals surface area contributed by atoms with Gasteiger partial charge in [0.25, 0.3) is 0 Å². The lowest BCUT2D eigenvalue weighted by Crippen LogP contribution is -2.10. The van der Waals surface area contributed by atoms with E-state index < -0.39 is 0 Å². The molecule has 0 atom stereocenters. The number of halogens is 1. The van der Waals surface area contributed by atoms with Crippen LogP contribution in [0, 0.1) is 11.3 Å². The Morgan fingerprint density at radius 3 is 2.81 bits per heavy atom. The third-order valence-corrected chi connectivity index (χ3v) is 2.52. The summed E-state index contributed by atoms with van der Waals surface area (Å²) in [5.74, 6) is -0.388. The van der Waals surface area contributed by atoms with Crippen molar-refractivity contribution in [2.24, 2.45) is 5.73 Å². The van der Waals surface area contributed by atoms with Crippen molar-refractivity contribution in [2.45, 2.75) is 13.0 Å². The van der Waals surface area contributed by atoms with E-state index >= 15 is 0 Å². The van der Waals surface area contributed by atoms with Gasteiger partial charge < -0.3 is 10.5 Å². The van der Waals surface area contributed by atoms with Crippen LogP contribution in [0.25, 0.3) is 0 Å². The normalized spacial score (nSPS) is 9.62. The minimum absolute atomic E-state index is 0.0677. The Kier molecular flexibility index (Phi) is 4.29. The molecule has 1 rings (SSSR count). The molecular formula is C11H11ClN2O2. The molecule has 0 amide bonds. The van der Waals surface area contributed by atoms with E-state index in [1.54, 1.807) is 6.07 Å². The summed E-state index contributed by atoms with van der Waals surface area (Å²) in [4.78, 5) is 11.2. The van der Waals surface area contributed by atoms with Gasteiger partial charge in [-0.2, -0.15) is 5.26 Å². The number of hydrogen-bond donors (Lipinski definition) is 1. The molecule has 84 valence electrons. The Balaban J connectivity index is 3.19. The average Bonchev–Trinajstić information content (AvgIpc) is 2.28. The van der Waals surface area contributed by atoms with Crippen LogP contribution in [0.3, 0.4) is 0 Å². The Bertz CT molecular complexity index is 452. The molecule has 16 heavy (non-hydrogen) atoms. The van der Waals surface area contributed by atoms with Crippen molar-refractivity contribution in [1.82, 2.24) is 0 Å². The van der Waals surface area contributed by atoms with Crippen molar-refractivity contribution in [3.63, 3.8) is 0 Å². The topological polar surface area (TPSA) is 76.1 Å². The number of esters is 1. The first-order valence-corrected chi connectivity index (χ1v) is 4.98. The molecule has 0 aliphatic rings. The molecule has 1 aromatic rings. The van der Waals surface area contributed by atoms with Gasteiger partial charge in [0, 0.05) is 11.6 Å². The molecule has 0 bridgehead atoms. The number of hydrogen-bond acceptors (Lipinski definition) is 4. The SMILES string of the molecule is COC(=O)Cc1cc(C#N)cc(Cl)c1CN. The highest BCUT2D eigenvalue weighted by molar-refractivity contribution is 6.31. The average molecular weight is 239 g/mol. The standard InChI is InChI=1S/C11H11ClN2O2/c1-16-11(15)4-8-2-7(5-13)3-10(12)9(8)6-14/h2-3H,4,6,14H2,1H3. The summed E-state index contributed by atoms with van der Waals surface area (Å²) in [7, 11) is 1.31. The molecule has 0 aromatic heterocycles. The summed E-state index contributed by atoms with van der Waals surface area (Å²) in [6, 6.07) is 5.11. The molecule has 2 N–H and O–H groups in total. The van der Waals surface area contributed by atoms with Crippen LogP contribution < -0.4 is 5.73 Å². The molecule has 0 aliphatic heterocycles. The molecule has 4 nitrogen and oxygen atoms in total. The van der Waals surface area contributed by atoms with Crippen LogP contribution in [0.15, 0.2) is 12.1 Å². The molecule has 0 heterocycles. The number of nitriles is 1. The highest BCUT2D eigenvalue weighted by Crippen LogP contribution is 2.22. The maximum Gasteiger partial charge on any atom is 0.309 e. The van der Waals surface area contributed by atoms with E-state index in [-0.39, 0.29) is 18.9 Å². The first-order valence-electron chi connectivity index (χ1n) is 4.60. The van der Waals surface area contributed by atoms with Gasteiger partial charge in [-0.15, -0.1) is 0 Å². The number of benzene rings is 1. The Morgan fingerprint density at radius 1 is 1.62 bits per heavy atom. The third-order valence-electron chi connectivity index (χ3n) is 2.18. The highest BCUT2D eigenvalue weighted by Gasteiger charge is 2.12. The molecule has 0 saturated carbocycles. The monoisotopic (exact) mass is 238 g/mol. The maximum absolute atomic E-state index is 11.2. The van der Waals surface area contributed by atoms with Crippen LogP contribution in [0.4, 0.5) is 0 Å². The van der Waals surface area contributed by atoms with E-state index in [4.69, 9.17) is 22.6 Å². The molecular weight excluding hydrogens is 228 g/mol. The summed E-state index contributed by atoms with van der Waals surface area (Å²) < 4.78 is 4.56. The van der Waals surface area contributed by atoms with Gasteiger partial charge in [-0.1, -0.05) is 11.6 Å². The van der Waals surface area contributed by atoms with E-state index in [1.165, 1.54) is 13.2 Å². The Morgan fingerprint density at radius 2 is 2.31 bits per heavy atom. The van der Waals surface area contributed by atoms with Crippen LogP contribution in [0.1, 0.15) is 16.7 Å². The van der Waals surface area contributed by atoms with Crippen molar-refractivity contribution >= 4 is 17.6 Å². The zero-order chi connectivity index (χ0) is 12.1. The number of carbonyl (C=O) groups excluding carboxylic acids is 1. The van der Waals surface area contributed by atoms with Gasteiger partial charge in [0.05, 0.1) is 25.2 Å². The van der Waals surface area contributed by atoms with E-state index in [0.717, 1.165) is 0 Å². The van der Waals surface area contributed by atoms with Crippen LogP contribution in [0.2, 0.25) is 5.02 Å². The predicted octanol–water partition coefficient (Wildman–Crippen LogP) is 1.39. The number of rotatable bonds is 3. The minimum atomic E-state index is -0.388. The summed E-state index contributed by atoms with van der Waals surface area (Å²) >= 11 is 5.96. The summed E-state index contributed by atoms with van der Waals surface area (Å²) in [6.07, 6.45) is 0.0677. The zero-order valence-corrected chi connectivity index (χ0v) is 9.54. The molecule has 5 heteroatoms. The minimum Gasteiger partial charge on any atom is -0.469 e. The lowest BCUT2D eigenvalue weighted by Gasteiger charge is -2.09. The first-order chi connectivity index (χ1) is 7.62. The van der Waals surface area contributed by atoms with Gasteiger partial charge in [0.15, 0.2) is 0 Å². The Labute approximate surface area is 98.6 Å². The van der Waals surface area contributed by atoms with Crippen molar-refractivity contribution in [2.75, 3.05) is 7.11 Å². The predicted molar refractivity (Wildman–Crippen MR) is 59.8 cm³/mol. The van der Waals surface area contributed by atoms with E-state index in [0.29, 0.717) is 21.7 Å². The van der Waals surface area contributed by atoms with Crippen LogP contribution in [0.5, 0.6) is 0 Å². The van der Waals surface area contributed by atoms with Crippen LogP contribution >= 0.6 is 11.6 Å².